The van der Waals surface area contributed by atoms with Crippen LogP contribution < -0.4 is 9.64 Å². The summed E-state index contributed by atoms with van der Waals surface area (Å²) in [6.45, 7) is 0.179. The number of anilines is 1. The Balaban J connectivity index is 2.40. The zero-order valence-electron chi connectivity index (χ0n) is 8.81. The highest BCUT2D eigenvalue weighted by molar-refractivity contribution is 5.97. The minimum Gasteiger partial charge on any atom is -0.492 e. The molecule has 4 nitrogen and oxygen atoms in total. The van der Waals surface area contributed by atoms with Crippen molar-refractivity contribution in [3.8, 4) is 5.75 Å². The summed E-state index contributed by atoms with van der Waals surface area (Å²) in [5.74, 6) is -0.712. The second kappa shape index (κ2) is 4.09. The molecule has 5 heteroatoms. The first kappa shape index (κ1) is 10.9. The average molecular weight is 225 g/mol. The van der Waals surface area contributed by atoms with Gasteiger partial charge in [0.15, 0.2) is 11.6 Å². The number of amides is 1. The van der Waals surface area contributed by atoms with Crippen molar-refractivity contribution in [3.63, 3.8) is 0 Å². The first-order valence-corrected chi connectivity index (χ1v) is 4.94. The first-order valence-electron chi connectivity index (χ1n) is 4.94. The standard InChI is InChI=1S/C11H12FNO3/c1-16-11-8(12)3-2-4-9(11)13-6-7(14)5-10(13)15/h2-4,7,14H,5-6H2,1H3. The van der Waals surface area contributed by atoms with E-state index < -0.39 is 11.9 Å². The van der Waals surface area contributed by atoms with Crippen LogP contribution in [0.15, 0.2) is 18.2 Å². The second-order valence-corrected chi connectivity index (χ2v) is 3.65. The van der Waals surface area contributed by atoms with Gasteiger partial charge in [-0.05, 0) is 12.1 Å². The van der Waals surface area contributed by atoms with Crippen LogP contribution >= 0.6 is 0 Å². The molecule has 2 rings (SSSR count). The molecule has 1 aromatic rings. The van der Waals surface area contributed by atoms with Gasteiger partial charge < -0.3 is 14.7 Å². The molecule has 1 aromatic carbocycles. The number of hydrogen-bond acceptors (Lipinski definition) is 3. The normalized spacial score (nSPS) is 20.3. The number of para-hydroxylation sites is 1. The van der Waals surface area contributed by atoms with E-state index in [0.29, 0.717) is 5.69 Å². The molecule has 86 valence electrons. The highest BCUT2D eigenvalue weighted by atomic mass is 19.1. The van der Waals surface area contributed by atoms with E-state index in [1.165, 1.54) is 24.1 Å². The Hall–Kier alpha value is -1.62. The monoisotopic (exact) mass is 225 g/mol. The molecule has 1 amide bonds. The van der Waals surface area contributed by atoms with Gasteiger partial charge in [-0.25, -0.2) is 4.39 Å². The van der Waals surface area contributed by atoms with Crippen LogP contribution in [-0.4, -0.2) is 30.8 Å². The topological polar surface area (TPSA) is 49.8 Å². The van der Waals surface area contributed by atoms with Gasteiger partial charge in [0.05, 0.1) is 31.9 Å². The molecule has 1 saturated heterocycles. The van der Waals surface area contributed by atoms with Crippen molar-refractivity contribution in [2.24, 2.45) is 0 Å². The maximum atomic E-state index is 13.4. The zero-order chi connectivity index (χ0) is 11.7. The van der Waals surface area contributed by atoms with E-state index in [2.05, 4.69) is 0 Å². The molecular weight excluding hydrogens is 213 g/mol. The minimum atomic E-state index is -0.694. The highest BCUT2D eigenvalue weighted by Crippen LogP contribution is 2.33. The molecule has 1 aliphatic rings. The number of nitrogens with zero attached hydrogens (tertiary/aromatic N) is 1. The fraction of sp³-hybridized carbons (Fsp3) is 0.364. The van der Waals surface area contributed by atoms with E-state index in [9.17, 15) is 14.3 Å². The van der Waals surface area contributed by atoms with Crippen LogP contribution in [0.1, 0.15) is 6.42 Å². The Kier molecular flexibility index (Phi) is 2.78. The Morgan fingerprint density at radius 2 is 2.31 bits per heavy atom. The molecule has 0 spiro atoms. The Morgan fingerprint density at radius 3 is 2.88 bits per heavy atom. The average Bonchev–Trinajstić information content (AvgIpc) is 2.57. The van der Waals surface area contributed by atoms with E-state index in [4.69, 9.17) is 4.74 Å². The number of halogens is 1. The molecule has 0 aromatic heterocycles. The predicted molar refractivity (Wildman–Crippen MR) is 55.9 cm³/mol. The lowest BCUT2D eigenvalue weighted by Crippen LogP contribution is -2.25. The lowest BCUT2D eigenvalue weighted by molar-refractivity contribution is -0.117. The number of hydrogen-bond donors (Lipinski definition) is 1. The van der Waals surface area contributed by atoms with Gasteiger partial charge in [0.25, 0.3) is 0 Å². The number of methoxy groups -OCH3 is 1. The number of carbonyl (C=O) groups is 1. The predicted octanol–water partition coefficient (Wildman–Crippen LogP) is 0.932. The summed E-state index contributed by atoms with van der Waals surface area (Å²) in [7, 11) is 1.35. The maximum absolute atomic E-state index is 13.4. The van der Waals surface area contributed by atoms with Crippen LogP contribution in [-0.2, 0) is 4.79 Å². The van der Waals surface area contributed by atoms with Crippen LogP contribution in [0.5, 0.6) is 5.75 Å². The first-order chi connectivity index (χ1) is 7.63. The number of benzene rings is 1. The number of ether oxygens (including phenoxy) is 1. The number of aliphatic hydroxyl groups excluding tert-OH is 1. The summed E-state index contributed by atoms with van der Waals surface area (Å²) in [6, 6.07) is 4.36. The van der Waals surface area contributed by atoms with Gasteiger partial charge in [-0.1, -0.05) is 6.07 Å². The minimum absolute atomic E-state index is 0.0324. The summed E-state index contributed by atoms with van der Waals surface area (Å²) >= 11 is 0. The van der Waals surface area contributed by atoms with Crippen LogP contribution in [0.2, 0.25) is 0 Å². The van der Waals surface area contributed by atoms with Crippen molar-refractivity contribution in [2.45, 2.75) is 12.5 Å². The summed E-state index contributed by atoms with van der Waals surface area (Å²) in [4.78, 5) is 12.9. The van der Waals surface area contributed by atoms with Gasteiger partial charge >= 0.3 is 0 Å². The molecule has 1 fully saturated rings. The van der Waals surface area contributed by atoms with Gasteiger partial charge in [-0.3, -0.25) is 4.79 Å². The Bertz CT molecular complexity index is 422. The Morgan fingerprint density at radius 1 is 1.56 bits per heavy atom. The van der Waals surface area contributed by atoms with Crippen LogP contribution in [0.4, 0.5) is 10.1 Å². The molecule has 0 radical (unpaired) electrons. The smallest absolute Gasteiger partial charge is 0.229 e. The summed E-state index contributed by atoms with van der Waals surface area (Å²) in [5.41, 5.74) is 0.365. The van der Waals surface area contributed by atoms with Gasteiger partial charge in [-0.2, -0.15) is 0 Å². The Labute approximate surface area is 92.2 Å². The van der Waals surface area contributed by atoms with E-state index in [1.807, 2.05) is 0 Å². The van der Waals surface area contributed by atoms with E-state index in [1.54, 1.807) is 6.07 Å². The van der Waals surface area contributed by atoms with Crippen molar-refractivity contribution in [1.82, 2.24) is 0 Å². The van der Waals surface area contributed by atoms with Crippen molar-refractivity contribution in [3.05, 3.63) is 24.0 Å². The lowest BCUT2D eigenvalue weighted by atomic mass is 10.2. The van der Waals surface area contributed by atoms with Crippen molar-refractivity contribution in [1.29, 1.82) is 0 Å². The van der Waals surface area contributed by atoms with E-state index in [-0.39, 0.29) is 24.6 Å². The zero-order valence-corrected chi connectivity index (χ0v) is 8.81. The quantitative estimate of drug-likeness (QED) is 0.814. The summed E-state index contributed by atoms with van der Waals surface area (Å²) < 4.78 is 18.3. The summed E-state index contributed by atoms with van der Waals surface area (Å²) in [5, 5.41) is 9.37. The van der Waals surface area contributed by atoms with Crippen LogP contribution in [0.25, 0.3) is 0 Å². The van der Waals surface area contributed by atoms with Crippen LogP contribution in [0.3, 0.4) is 0 Å². The second-order valence-electron chi connectivity index (χ2n) is 3.65. The molecule has 0 aliphatic carbocycles. The fourth-order valence-electron chi connectivity index (χ4n) is 1.83. The third kappa shape index (κ3) is 1.74. The fourth-order valence-corrected chi connectivity index (χ4v) is 1.83. The van der Waals surface area contributed by atoms with Gasteiger partial charge in [0.1, 0.15) is 0 Å². The number of β-amino-alcohol motifs (C(OH)–C–C–N with tert-alkyl or cyclic N) is 1. The van der Waals surface area contributed by atoms with Gasteiger partial charge in [0, 0.05) is 0 Å². The largest absolute Gasteiger partial charge is 0.492 e. The molecule has 1 atom stereocenters. The third-order valence-electron chi connectivity index (χ3n) is 2.55. The van der Waals surface area contributed by atoms with Crippen molar-refractivity contribution >= 4 is 11.6 Å². The van der Waals surface area contributed by atoms with E-state index in [0.717, 1.165) is 0 Å². The lowest BCUT2D eigenvalue weighted by Gasteiger charge is -2.19. The summed E-state index contributed by atoms with van der Waals surface area (Å²) in [6.07, 6.45) is -0.625. The molecule has 16 heavy (non-hydrogen) atoms. The maximum Gasteiger partial charge on any atom is 0.229 e. The highest BCUT2D eigenvalue weighted by Gasteiger charge is 2.31. The molecule has 1 heterocycles. The van der Waals surface area contributed by atoms with E-state index >= 15 is 0 Å². The molecule has 0 saturated carbocycles. The molecule has 0 bridgehead atoms. The third-order valence-corrected chi connectivity index (χ3v) is 2.55. The number of aliphatic hydroxyl groups is 1. The van der Waals surface area contributed by atoms with Crippen molar-refractivity contribution < 1.29 is 19.0 Å². The van der Waals surface area contributed by atoms with Crippen LogP contribution in [0, 0.1) is 5.82 Å². The molecular formula is C11H12FNO3. The van der Waals surface area contributed by atoms with Gasteiger partial charge in [0.2, 0.25) is 5.91 Å². The molecule has 1 N–H and O–H groups in total. The molecule has 1 unspecified atom stereocenters. The van der Waals surface area contributed by atoms with Crippen molar-refractivity contribution in [2.75, 3.05) is 18.6 Å². The van der Waals surface area contributed by atoms with Gasteiger partial charge in [-0.15, -0.1) is 0 Å². The number of carbonyl (C=O) groups excluding carboxylic acids is 1. The number of rotatable bonds is 2. The SMILES string of the molecule is COc1c(F)cccc1N1CC(O)CC1=O. The molecule has 1 aliphatic heterocycles.